The van der Waals surface area contributed by atoms with Crippen molar-refractivity contribution >= 4 is 18.7 Å². The van der Waals surface area contributed by atoms with Gasteiger partial charge in [-0.2, -0.15) is 0 Å². The van der Waals surface area contributed by atoms with E-state index in [1.807, 2.05) is 0 Å². The molecule has 26 heavy (non-hydrogen) atoms. The van der Waals surface area contributed by atoms with E-state index in [-0.39, 0.29) is 17.2 Å². The van der Waals surface area contributed by atoms with Gasteiger partial charge in [-0.05, 0) is 28.3 Å². The summed E-state index contributed by atoms with van der Waals surface area (Å²) in [7, 11) is -2.46. The van der Waals surface area contributed by atoms with Crippen molar-refractivity contribution < 1.29 is 9.16 Å². The van der Waals surface area contributed by atoms with E-state index in [9.17, 15) is 0 Å². The summed E-state index contributed by atoms with van der Waals surface area (Å²) < 4.78 is 12.9. The van der Waals surface area contributed by atoms with Gasteiger partial charge in [-0.1, -0.05) is 81.4 Å². The third kappa shape index (κ3) is 3.94. The summed E-state index contributed by atoms with van der Waals surface area (Å²) in [6.07, 6.45) is 2.12. The van der Waals surface area contributed by atoms with Crippen molar-refractivity contribution in [2.24, 2.45) is 5.73 Å². The summed E-state index contributed by atoms with van der Waals surface area (Å²) in [4.78, 5) is 0. The average Bonchev–Trinajstić information content (AvgIpc) is 2.64. The van der Waals surface area contributed by atoms with Crippen molar-refractivity contribution in [2.75, 3.05) is 13.2 Å². The molecule has 0 amide bonds. The van der Waals surface area contributed by atoms with Crippen molar-refractivity contribution in [3.63, 3.8) is 0 Å². The van der Waals surface area contributed by atoms with Crippen LogP contribution in [0.1, 0.15) is 33.6 Å². The molecule has 3 rings (SSSR count). The molecule has 140 valence electrons. The number of benzene rings is 2. The Bertz CT molecular complexity index is 637. The van der Waals surface area contributed by atoms with Crippen molar-refractivity contribution in [1.82, 2.24) is 0 Å². The van der Waals surface area contributed by atoms with Crippen LogP contribution in [0.3, 0.4) is 0 Å². The monoisotopic (exact) mass is 369 g/mol. The molecule has 0 saturated carbocycles. The van der Waals surface area contributed by atoms with E-state index in [2.05, 4.69) is 81.4 Å². The Kier molecular flexibility index (Phi) is 5.98. The highest BCUT2D eigenvalue weighted by Crippen LogP contribution is 2.37. The Hall–Kier alpha value is -1.46. The van der Waals surface area contributed by atoms with Gasteiger partial charge in [0.2, 0.25) is 0 Å². The van der Waals surface area contributed by atoms with Gasteiger partial charge in [0.1, 0.15) is 0 Å². The minimum Gasteiger partial charge on any atom is -0.405 e. The Labute approximate surface area is 158 Å². The molecule has 0 aliphatic carbocycles. The maximum atomic E-state index is 6.91. The zero-order valence-corrected chi connectivity index (χ0v) is 17.2. The molecule has 2 N–H and O–H groups in total. The van der Waals surface area contributed by atoms with Gasteiger partial charge >= 0.3 is 0 Å². The molecule has 1 aliphatic heterocycles. The number of rotatable bonds is 5. The third-order valence-corrected chi connectivity index (χ3v) is 10.3. The Balaban J connectivity index is 1.97. The number of nitrogens with two attached hydrogens (primary N) is 1. The van der Waals surface area contributed by atoms with Gasteiger partial charge in [0, 0.05) is 6.04 Å². The molecule has 0 unspecified atom stereocenters. The molecule has 2 aromatic carbocycles. The first-order valence-electron chi connectivity index (χ1n) is 9.55. The normalized spacial score (nSPS) is 21.5. The molecule has 1 fully saturated rings. The summed E-state index contributed by atoms with van der Waals surface area (Å²) in [6, 6.07) is 21.7. The summed E-state index contributed by atoms with van der Waals surface area (Å²) in [6.45, 7) is 8.17. The van der Waals surface area contributed by atoms with Gasteiger partial charge in [-0.15, -0.1) is 0 Å². The van der Waals surface area contributed by atoms with E-state index in [1.165, 1.54) is 10.4 Å². The van der Waals surface area contributed by atoms with Gasteiger partial charge in [-0.3, -0.25) is 0 Å². The van der Waals surface area contributed by atoms with Crippen LogP contribution >= 0.6 is 0 Å². The molecule has 1 heterocycles. The predicted octanol–water partition coefficient (Wildman–Crippen LogP) is 3.07. The number of hydrogen-bond donors (Lipinski definition) is 1. The van der Waals surface area contributed by atoms with Crippen molar-refractivity contribution in [3.8, 4) is 0 Å². The molecule has 1 saturated heterocycles. The lowest BCUT2D eigenvalue weighted by Crippen LogP contribution is -2.67. The maximum absolute atomic E-state index is 6.91. The van der Waals surface area contributed by atoms with Gasteiger partial charge in [0.15, 0.2) is 0 Å². The molecule has 2 aromatic rings. The molecule has 1 aliphatic rings. The van der Waals surface area contributed by atoms with Crippen LogP contribution in [0.5, 0.6) is 0 Å². The summed E-state index contributed by atoms with van der Waals surface area (Å²) in [5.41, 5.74) is 5.97. The first kappa shape index (κ1) is 19.3. The first-order chi connectivity index (χ1) is 12.4. The fourth-order valence-electron chi connectivity index (χ4n) is 3.94. The average molecular weight is 370 g/mol. The zero-order chi connectivity index (χ0) is 18.6. The molecular weight excluding hydrogens is 338 g/mol. The lowest BCUT2D eigenvalue weighted by Gasteiger charge is -2.44. The predicted molar refractivity (Wildman–Crippen MR) is 111 cm³/mol. The van der Waals surface area contributed by atoms with Crippen molar-refractivity contribution in [2.45, 2.75) is 50.8 Å². The van der Waals surface area contributed by atoms with E-state index in [4.69, 9.17) is 14.9 Å². The number of ether oxygens (including phenoxy) is 1. The quantitative estimate of drug-likeness (QED) is 0.824. The van der Waals surface area contributed by atoms with Crippen LogP contribution in [0.25, 0.3) is 0 Å². The lowest BCUT2D eigenvalue weighted by atomic mass is 10.1. The smallest absolute Gasteiger partial charge is 0.261 e. The largest absolute Gasteiger partial charge is 0.405 e. The fraction of sp³-hybridized carbons (Fsp3) is 0.455. The fourth-order valence-corrected chi connectivity index (χ4v) is 8.53. The van der Waals surface area contributed by atoms with Crippen molar-refractivity contribution in [3.05, 3.63) is 60.7 Å². The van der Waals surface area contributed by atoms with E-state index in [1.54, 1.807) is 0 Å². The molecular formula is C22H31NO2Si. The van der Waals surface area contributed by atoms with Gasteiger partial charge in [0.05, 0.1) is 19.3 Å². The summed E-state index contributed by atoms with van der Waals surface area (Å²) in [5.74, 6) is 0. The highest BCUT2D eigenvalue weighted by Gasteiger charge is 2.50. The Morgan fingerprint density at radius 2 is 1.50 bits per heavy atom. The van der Waals surface area contributed by atoms with Crippen LogP contribution in [-0.2, 0) is 9.16 Å². The van der Waals surface area contributed by atoms with E-state index >= 15 is 0 Å². The van der Waals surface area contributed by atoms with Crippen LogP contribution in [0.15, 0.2) is 60.7 Å². The van der Waals surface area contributed by atoms with E-state index in [0.717, 1.165) is 12.8 Å². The van der Waals surface area contributed by atoms with Gasteiger partial charge in [-0.25, -0.2) is 0 Å². The second-order valence-electron chi connectivity index (χ2n) is 8.27. The Morgan fingerprint density at radius 3 is 1.92 bits per heavy atom. The minimum absolute atomic E-state index is 0.000770. The Morgan fingerprint density at radius 1 is 0.962 bits per heavy atom. The molecule has 3 nitrogen and oxygen atoms in total. The minimum atomic E-state index is -2.46. The standard InChI is InChI=1S/C22H31NO2Si/c1-22(2,3)26(20-10-6-4-7-11-20,21-12-8-5-9-13-21)25-17-19-15-14-18(23)16-24-19/h4-13,18-19H,14-17,23H2,1-3H3/t18-,19+/m1/s1. The molecule has 0 radical (unpaired) electrons. The molecule has 0 aromatic heterocycles. The highest BCUT2D eigenvalue weighted by atomic mass is 28.4. The van der Waals surface area contributed by atoms with E-state index in [0.29, 0.717) is 13.2 Å². The third-order valence-electron chi connectivity index (χ3n) is 5.31. The van der Waals surface area contributed by atoms with Gasteiger partial charge < -0.3 is 14.9 Å². The summed E-state index contributed by atoms with van der Waals surface area (Å²) >= 11 is 0. The lowest BCUT2D eigenvalue weighted by molar-refractivity contribution is -0.0217. The molecule has 0 bridgehead atoms. The molecule has 2 atom stereocenters. The van der Waals surface area contributed by atoms with Crippen LogP contribution in [0.2, 0.25) is 5.04 Å². The van der Waals surface area contributed by atoms with Gasteiger partial charge in [0.25, 0.3) is 8.32 Å². The van der Waals surface area contributed by atoms with Crippen LogP contribution < -0.4 is 16.1 Å². The SMILES string of the molecule is CC(C)(C)[Si](OC[C@@H]1CC[C@@H](N)CO1)(c1ccccc1)c1ccccc1. The van der Waals surface area contributed by atoms with E-state index < -0.39 is 8.32 Å². The number of hydrogen-bond acceptors (Lipinski definition) is 3. The van der Waals surface area contributed by atoms with Crippen LogP contribution in [-0.4, -0.2) is 33.7 Å². The van der Waals surface area contributed by atoms with Crippen LogP contribution in [0.4, 0.5) is 0 Å². The zero-order valence-electron chi connectivity index (χ0n) is 16.2. The van der Waals surface area contributed by atoms with Crippen molar-refractivity contribution in [1.29, 1.82) is 0 Å². The highest BCUT2D eigenvalue weighted by molar-refractivity contribution is 6.99. The maximum Gasteiger partial charge on any atom is 0.261 e. The molecule has 4 heteroatoms. The topological polar surface area (TPSA) is 44.5 Å². The van der Waals surface area contributed by atoms with Crippen LogP contribution in [0, 0.1) is 0 Å². The molecule has 0 spiro atoms. The second-order valence-corrected chi connectivity index (χ2v) is 12.6. The second kappa shape index (κ2) is 8.05. The first-order valence-corrected chi connectivity index (χ1v) is 11.5. The summed E-state index contributed by atoms with van der Waals surface area (Å²) in [5, 5.41) is 2.62.